The zero-order valence-corrected chi connectivity index (χ0v) is 12.8. The fourth-order valence-corrected chi connectivity index (χ4v) is 2.29. The van der Waals surface area contributed by atoms with Crippen LogP contribution in [0.4, 0.5) is 0 Å². The highest BCUT2D eigenvalue weighted by Gasteiger charge is 2.26. The minimum atomic E-state index is -0.121. The molecule has 1 aliphatic rings. The number of halogens is 1. The first-order chi connectivity index (χ1) is 7.97. The van der Waals surface area contributed by atoms with Gasteiger partial charge in [-0.2, -0.15) is 0 Å². The van der Waals surface area contributed by atoms with E-state index in [1.807, 2.05) is 11.9 Å². The Morgan fingerprint density at radius 2 is 2.18 bits per heavy atom. The number of hydrogen-bond donors (Lipinski definition) is 0. The SMILES string of the molecule is CN(C(=O)CCC1CCCCO1)C(C)(C)CBr. The molecule has 17 heavy (non-hydrogen) atoms. The number of carbonyl (C=O) groups is 1. The maximum atomic E-state index is 12.0. The normalized spacial score (nSPS) is 21.3. The van der Waals surface area contributed by atoms with Crippen LogP contribution in [0.2, 0.25) is 0 Å². The van der Waals surface area contributed by atoms with Crippen LogP contribution < -0.4 is 0 Å². The van der Waals surface area contributed by atoms with Crippen LogP contribution in [-0.4, -0.2) is 41.4 Å². The van der Waals surface area contributed by atoms with Crippen molar-refractivity contribution in [2.75, 3.05) is 19.0 Å². The van der Waals surface area contributed by atoms with E-state index in [0.717, 1.165) is 24.8 Å². The Kier molecular flexibility index (Phi) is 5.93. The highest BCUT2D eigenvalue weighted by Crippen LogP contribution is 2.20. The van der Waals surface area contributed by atoms with Gasteiger partial charge < -0.3 is 9.64 Å². The molecule has 0 aliphatic carbocycles. The molecule has 3 nitrogen and oxygen atoms in total. The van der Waals surface area contributed by atoms with E-state index in [9.17, 15) is 4.79 Å². The molecular formula is C13H24BrNO2. The summed E-state index contributed by atoms with van der Waals surface area (Å²) >= 11 is 3.45. The molecule has 4 heteroatoms. The number of hydrogen-bond acceptors (Lipinski definition) is 2. The lowest BCUT2D eigenvalue weighted by atomic mass is 10.0. The number of ether oxygens (including phenoxy) is 1. The summed E-state index contributed by atoms with van der Waals surface area (Å²) in [6.07, 6.45) is 5.27. The molecule has 0 N–H and O–H groups in total. The van der Waals surface area contributed by atoms with E-state index in [2.05, 4.69) is 29.8 Å². The summed E-state index contributed by atoms with van der Waals surface area (Å²) in [5.74, 6) is 0.212. The van der Waals surface area contributed by atoms with E-state index in [0.29, 0.717) is 12.5 Å². The Labute approximate surface area is 113 Å². The number of rotatable bonds is 5. The van der Waals surface area contributed by atoms with Gasteiger partial charge in [-0.15, -0.1) is 0 Å². The van der Waals surface area contributed by atoms with Crippen LogP contribution >= 0.6 is 15.9 Å². The molecule has 1 aliphatic heterocycles. The summed E-state index contributed by atoms with van der Waals surface area (Å²) in [6, 6.07) is 0. The minimum Gasteiger partial charge on any atom is -0.378 e. The van der Waals surface area contributed by atoms with Crippen molar-refractivity contribution in [2.24, 2.45) is 0 Å². The van der Waals surface area contributed by atoms with Crippen molar-refractivity contribution >= 4 is 21.8 Å². The van der Waals surface area contributed by atoms with Crippen LogP contribution in [0.25, 0.3) is 0 Å². The molecule has 0 radical (unpaired) electrons. The summed E-state index contributed by atoms with van der Waals surface area (Å²) in [6.45, 7) is 5.00. The molecule has 0 saturated carbocycles. The van der Waals surface area contributed by atoms with Crippen molar-refractivity contribution < 1.29 is 9.53 Å². The molecule has 0 aromatic carbocycles. The first-order valence-electron chi connectivity index (χ1n) is 6.41. The third-order valence-electron chi connectivity index (χ3n) is 3.56. The third-order valence-corrected chi connectivity index (χ3v) is 4.94. The third kappa shape index (κ3) is 4.59. The smallest absolute Gasteiger partial charge is 0.222 e. The Hall–Kier alpha value is -0.0900. The first kappa shape index (κ1) is 15.0. The second-order valence-corrected chi connectivity index (χ2v) is 5.99. The summed E-state index contributed by atoms with van der Waals surface area (Å²) < 4.78 is 5.64. The summed E-state index contributed by atoms with van der Waals surface area (Å²) in [4.78, 5) is 13.9. The molecule has 0 aromatic heterocycles. The van der Waals surface area contributed by atoms with Gasteiger partial charge in [0, 0.05) is 30.9 Å². The zero-order valence-electron chi connectivity index (χ0n) is 11.2. The Morgan fingerprint density at radius 3 is 2.71 bits per heavy atom. The molecule has 0 aromatic rings. The van der Waals surface area contributed by atoms with E-state index in [-0.39, 0.29) is 11.4 Å². The topological polar surface area (TPSA) is 29.5 Å². The number of amides is 1. The molecule has 100 valence electrons. The second-order valence-electron chi connectivity index (χ2n) is 5.43. The largest absolute Gasteiger partial charge is 0.378 e. The number of nitrogens with zero attached hydrogens (tertiary/aromatic N) is 1. The summed E-state index contributed by atoms with van der Waals surface area (Å²) in [5, 5.41) is 0.794. The van der Waals surface area contributed by atoms with Gasteiger partial charge in [0.25, 0.3) is 0 Å². The van der Waals surface area contributed by atoms with Gasteiger partial charge in [-0.3, -0.25) is 4.79 Å². The fraction of sp³-hybridized carbons (Fsp3) is 0.923. The monoisotopic (exact) mass is 305 g/mol. The predicted octanol–water partition coefficient (Wildman–Crippen LogP) is 2.97. The van der Waals surface area contributed by atoms with Gasteiger partial charge in [-0.05, 0) is 39.5 Å². The lowest BCUT2D eigenvalue weighted by molar-refractivity contribution is -0.134. The lowest BCUT2D eigenvalue weighted by Gasteiger charge is -2.34. The van der Waals surface area contributed by atoms with E-state index >= 15 is 0 Å². The van der Waals surface area contributed by atoms with Crippen LogP contribution in [0.15, 0.2) is 0 Å². The Balaban J connectivity index is 2.33. The lowest BCUT2D eigenvalue weighted by Crippen LogP contribution is -2.46. The maximum Gasteiger partial charge on any atom is 0.222 e. The molecule has 1 atom stereocenters. The average Bonchev–Trinajstić information content (AvgIpc) is 2.36. The van der Waals surface area contributed by atoms with Gasteiger partial charge in [-0.1, -0.05) is 15.9 Å². The molecule has 1 fully saturated rings. The predicted molar refractivity (Wildman–Crippen MR) is 73.5 cm³/mol. The van der Waals surface area contributed by atoms with Gasteiger partial charge in [-0.25, -0.2) is 0 Å². The zero-order chi connectivity index (χ0) is 12.9. The van der Waals surface area contributed by atoms with Crippen LogP contribution in [0, 0.1) is 0 Å². The van der Waals surface area contributed by atoms with Gasteiger partial charge in [0.2, 0.25) is 5.91 Å². The van der Waals surface area contributed by atoms with E-state index < -0.39 is 0 Å². The van der Waals surface area contributed by atoms with Crippen molar-refractivity contribution in [1.82, 2.24) is 4.90 Å². The van der Waals surface area contributed by atoms with Crippen LogP contribution in [0.3, 0.4) is 0 Å². The number of carbonyl (C=O) groups excluding carboxylic acids is 1. The molecule has 1 saturated heterocycles. The summed E-state index contributed by atoms with van der Waals surface area (Å²) in [5.41, 5.74) is -0.121. The van der Waals surface area contributed by atoms with Crippen molar-refractivity contribution in [3.63, 3.8) is 0 Å². The minimum absolute atomic E-state index is 0.121. The molecular weight excluding hydrogens is 282 g/mol. The highest BCUT2D eigenvalue weighted by atomic mass is 79.9. The van der Waals surface area contributed by atoms with Gasteiger partial charge in [0.15, 0.2) is 0 Å². The average molecular weight is 306 g/mol. The number of alkyl halides is 1. The van der Waals surface area contributed by atoms with E-state index in [1.165, 1.54) is 12.8 Å². The highest BCUT2D eigenvalue weighted by molar-refractivity contribution is 9.09. The van der Waals surface area contributed by atoms with Crippen LogP contribution in [0.5, 0.6) is 0 Å². The Morgan fingerprint density at radius 1 is 1.47 bits per heavy atom. The van der Waals surface area contributed by atoms with Crippen molar-refractivity contribution in [2.45, 2.75) is 57.6 Å². The molecule has 0 bridgehead atoms. The first-order valence-corrected chi connectivity index (χ1v) is 7.54. The van der Waals surface area contributed by atoms with Gasteiger partial charge >= 0.3 is 0 Å². The van der Waals surface area contributed by atoms with Crippen molar-refractivity contribution in [3.8, 4) is 0 Å². The summed E-state index contributed by atoms with van der Waals surface area (Å²) in [7, 11) is 1.88. The fourth-order valence-electron chi connectivity index (χ4n) is 1.91. The standard InChI is InChI=1S/C13H24BrNO2/c1-13(2,10-14)15(3)12(16)8-7-11-6-4-5-9-17-11/h11H,4-10H2,1-3H3. The van der Waals surface area contributed by atoms with Gasteiger partial charge in [0.05, 0.1) is 6.10 Å². The molecule has 1 rings (SSSR count). The molecule has 1 unspecified atom stereocenters. The van der Waals surface area contributed by atoms with Gasteiger partial charge in [0.1, 0.15) is 0 Å². The van der Waals surface area contributed by atoms with Crippen LogP contribution in [0.1, 0.15) is 46.0 Å². The van der Waals surface area contributed by atoms with Crippen molar-refractivity contribution in [1.29, 1.82) is 0 Å². The van der Waals surface area contributed by atoms with E-state index in [1.54, 1.807) is 0 Å². The molecule has 0 spiro atoms. The molecule has 1 heterocycles. The second kappa shape index (κ2) is 6.74. The van der Waals surface area contributed by atoms with Crippen LogP contribution in [-0.2, 0) is 9.53 Å². The Bertz CT molecular complexity index is 250. The van der Waals surface area contributed by atoms with E-state index in [4.69, 9.17) is 4.74 Å². The molecule has 1 amide bonds. The quantitative estimate of drug-likeness (QED) is 0.731. The van der Waals surface area contributed by atoms with Crippen molar-refractivity contribution in [3.05, 3.63) is 0 Å². The maximum absolute atomic E-state index is 12.0.